The molecule has 0 amide bonds. The van der Waals surface area contributed by atoms with E-state index < -0.39 is 10.0 Å². The van der Waals surface area contributed by atoms with E-state index in [4.69, 9.17) is 0 Å². The minimum Gasteiger partial charge on any atom is -0.317 e. The Balaban J connectivity index is 2.23. The maximum absolute atomic E-state index is 12.6. The molecule has 1 saturated heterocycles. The summed E-state index contributed by atoms with van der Waals surface area (Å²) in [6, 6.07) is 5.73. The van der Waals surface area contributed by atoms with Crippen LogP contribution in [0.5, 0.6) is 0 Å². The van der Waals surface area contributed by atoms with Gasteiger partial charge in [0.05, 0.1) is 4.90 Å². The first-order valence-corrected chi connectivity index (χ1v) is 8.62. The Bertz CT molecular complexity index is 552. The molecule has 0 aromatic heterocycles. The second-order valence-electron chi connectivity index (χ2n) is 4.88. The highest BCUT2D eigenvalue weighted by molar-refractivity contribution is 9.10. The van der Waals surface area contributed by atoms with Gasteiger partial charge in [0.2, 0.25) is 10.0 Å². The molecule has 4 nitrogen and oxygen atoms in total. The number of hydrogen-bond donors (Lipinski definition) is 1. The molecule has 6 heteroatoms. The lowest BCUT2D eigenvalue weighted by Gasteiger charge is -2.31. The number of nitrogens with zero attached hydrogens (tertiary/aromatic N) is 1. The summed E-state index contributed by atoms with van der Waals surface area (Å²) in [7, 11) is -1.43. The van der Waals surface area contributed by atoms with Crippen molar-refractivity contribution in [2.75, 3.05) is 20.1 Å². The van der Waals surface area contributed by atoms with Gasteiger partial charge < -0.3 is 5.32 Å². The zero-order valence-electron chi connectivity index (χ0n) is 11.2. The molecule has 0 atom stereocenters. The first-order valence-electron chi connectivity index (χ1n) is 6.38. The van der Waals surface area contributed by atoms with E-state index in [-0.39, 0.29) is 0 Å². The Morgan fingerprint density at radius 1 is 1.32 bits per heavy atom. The first kappa shape index (κ1) is 15.0. The van der Waals surface area contributed by atoms with Gasteiger partial charge in [-0.1, -0.05) is 15.9 Å². The average molecular weight is 347 g/mol. The number of sulfonamides is 1. The topological polar surface area (TPSA) is 49.4 Å². The van der Waals surface area contributed by atoms with E-state index in [1.54, 1.807) is 16.4 Å². The fourth-order valence-corrected chi connectivity index (χ4v) is 4.58. The number of hydrogen-bond acceptors (Lipinski definition) is 3. The third kappa shape index (κ3) is 3.18. The Kier molecular flexibility index (Phi) is 4.66. The van der Waals surface area contributed by atoms with Gasteiger partial charge in [-0.15, -0.1) is 0 Å². The SMILES string of the molecule is CNC1CCN(S(=O)(=O)c2ccc(Br)cc2C)CC1. The summed E-state index contributed by atoms with van der Waals surface area (Å²) >= 11 is 3.36. The Morgan fingerprint density at radius 3 is 2.47 bits per heavy atom. The quantitative estimate of drug-likeness (QED) is 0.911. The summed E-state index contributed by atoms with van der Waals surface area (Å²) in [5.41, 5.74) is 0.783. The normalized spacial score (nSPS) is 18.7. The van der Waals surface area contributed by atoms with Gasteiger partial charge >= 0.3 is 0 Å². The largest absolute Gasteiger partial charge is 0.317 e. The van der Waals surface area contributed by atoms with Crippen molar-refractivity contribution in [3.8, 4) is 0 Å². The van der Waals surface area contributed by atoms with Gasteiger partial charge in [0, 0.05) is 23.6 Å². The molecule has 0 bridgehead atoms. The van der Waals surface area contributed by atoms with Crippen molar-refractivity contribution in [2.45, 2.75) is 30.7 Å². The van der Waals surface area contributed by atoms with E-state index in [9.17, 15) is 8.42 Å². The molecular weight excluding hydrogens is 328 g/mol. The maximum Gasteiger partial charge on any atom is 0.243 e. The standard InChI is InChI=1S/C13H19BrN2O2S/c1-10-9-11(14)3-4-13(10)19(17,18)16-7-5-12(15-2)6-8-16/h3-4,9,12,15H,5-8H2,1-2H3. The van der Waals surface area contributed by atoms with Gasteiger partial charge in [0.15, 0.2) is 0 Å². The minimum atomic E-state index is -3.36. The molecule has 1 N–H and O–H groups in total. The van der Waals surface area contributed by atoms with Crippen LogP contribution in [0.2, 0.25) is 0 Å². The summed E-state index contributed by atoms with van der Waals surface area (Å²) in [6.45, 7) is 3.00. The number of benzene rings is 1. The Hall–Kier alpha value is -0.430. The average Bonchev–Trinajstić information content (AvgIpc) is 2.38. The van der Waals surface area contributed by atoms with Gasteiger partial charge in [0.25, 0.3) is 0 Å². The van der Waals surface area contributed by atoms with Crippen LogP contribution in [0.25, 0.3) is 0 Å². The van der Waals surface area contributed by atoms with Crippen LogP contribution in [-0.2, 0) is 10.0 Å². The second kappa shape index (κ2) is 5.91. The van der Waals surface area contributed by atoms with Crippen LogP contribution in [-0.4, -0.2) is 38.9 Å². The van der Waals surface area contributed by atoms with Crippen LogP contribution >= 0.6 is 15.9 Å². The summed E-state index contributed by atoms with van der Waals surface area (Å²) < 4.78 is 27.7. The van der Waals surface area contributed by atoms with E-state index in [0.29, 0.717) is 24.0 Å². The highest BCUT2D eigenvalue weighted by Crippen LogP contribution is 2.25. The number of piperidine rings is 1. The van der Waals surface area contributed by atoms with Gasteiger partial charge in [-0.05, 0) is 50.6 Å². The lowest BCUT2D eigenvalue weighted by molar-refractivity contribution is 0.298. The molecule has 1 fully saturated rings. The van der Waals surface area contributed by atoms with Crippen molar-refractivity contribution >= 4 is 26.0 Å². The molecule has 0 aliphatic carbocycles. The second-order valence-corrected chi connectivity index (χ2v) is 7.70. The summed E-state index contributed by atoms with van der Waals surface area (Å²) in [5.74, 6) is 0. The zero-order chi connectivity index (χ0) is 14.0. The third-order valence-electron chi connectivity index (χ3n) is 3.62. The van der Waals surface area contributed by atoms with E-state index >= 15 is 0 Å². The summed E-state index contributed by atoms with van der Waals surface area (Å²) in [5, 5.41) is 3.21. The van der Waals surface area contributed by atoms with Crippen molar-refractivity contribution in [1.82, 2.24) is 9.62 Å². The summed E-state index contributed by atoms with van der Waals surface area (Å²) in [6.07, 6.45) is 1.73. The molecule has 1 aromatic carbocycles. The highest BCUT2D eigenvalue weighted by Gasteiger charge is 2.29. The van der Waals surface area contributed by atoms with E-state index in [1.165, 1.54) is 0 Å². The minimum absolute atomic E-state index is 0.415. The summed E-state index contributed by atoms with van der Waals surface area (Å²) in [4.78, 5) is 0.415. The molecule has 1 heterocycles. The maximum atomic E-state index is 12.6. The monoisotopic (exact) mass is 346 g/mol. The van der Waals surface area contributed by atoms with Crippen LogP contribution in [0.4, 0.5) is 0 Å². The van der Waals surface area contributed by atoms with Gasteiger partial charge in [-0.3, -0.25) is 0 Å². The van der Waals surface area contributed by atoms with E-state index in [2.05, 4.69) is 21.2 Å². The molecule has 106 valence electrons. The molecule has 0 saturated carbocycles. The van der Waals surface area contributed by atoms with Gasteiger partial charge in [0.1, 0.15) is 0 Å². The molecule has 0 unspecified atom stereocenters. The highest BCUT2D eigenvalue weighted by atomic mass is 79.9. The van der Waals surface area contributed by atoms with Crippen molar-refractivity contribution in [3.05, 3.63) is 28.2 Å². The van der Waals surface area contributed by atoms with Crippen LogP contribution in [0, 0.1) is 6.92 Å². The lowest BCUT2D eigenvalue weighted by atomic mass is 10.1. The third-order valence-corrected chi connectivity index (χ3v) is 6.17. The van der Waals surface area contributed by atoms with Crippen LogP contribution in [0.3, 0.4) is 0 Å². The van der Waals surface area contributed by atoms with E-state index in [1.807, 2.05) is 20.0 Å². The fraction of sp³-hybridized carbons (Fsp3) is 0.538. The Labute approximate surface area is 123 Å². The molecule has 1 aromatic rings. The number of aryl methyl sites for hydroxylation is 1. The Morgan fingerprint density at radius 2 is 1.95 bits per heavy atom. The van der Waals surface area contributed by atoms with Crippen molar-refractivity contribution in [2.24, 2.45) is 0 Å². The molecule has 1 aliphatic rings. The number of rotatable bonds is 3. The van der Waals surface area contributed by atoms with Gasteiger partial charge in [-0.25, -0.2) is 8.42 Å². The van der Waals surface area contributed by atoms with Gasteiger partial charge in [-0.2, -0.15) is 4.31 Å². The predicted octanol–water partition coefficient (Wildman–Crippen LogP) is 2.13. The van der Waals surface area contributed by atoms with Crippen LogP contribution in [0.15, 0.2) is 27.6 Å². The molecule has 0 radical (unpaired) electrons. The number of halogens is 1. The molecule has 2 rings (SSSR count). The number of nitrogens with one attached hydrogen (secondary N) is 1. The molecule has 19 heavy (non-hydrogen) atoms. The predicted molar refractivity (Wildman–Crippen MR) is 79.7 cm³/mol. The van der Waals surface area contributed by atoms with Crippen molar-refractivity contribution in [1.29, 1.82) is 0 Å². The van der Waals surface area contributed by atoms with E-state index in [0.717, 1.165) is 22.9 Å². The van der Waals surface area contributed by atoms with Crippen molar-refractivity contribution < 1.29 is 8.42 Å². The first-order chi connectivity index (χ1) is 8.95. The fourth-order valence-electron chi connectivity index (χ4n) is 2.43. The zero-order valence-corrected chi connectivity index (χ0v) is 13.6. The molecule has 1 aliphatic heterocycles. The lowest BCUT2D eigenvalue weighted by Crippen LogP contribution is -2.44. The molecule has 0 spiro atoms. The van der Waals surface area contributed by atoms with Crippen LogP contribution < -0.4 is 5.32 Å². The van der Waals surface area contributed by atoms with Crippen LogP contribution in [0.1, 0.15) is 18.4 Å². The van der Waals surface area contributed by atoms with Crippen molar-refractivity contribution in [3.63, 3.8) is 0 Å². The smallest absolute Gasteiger partial charge is 0.243 e. The molecular formula is C13H19BrN2O2S.